The molecule has 3 aliphatic heterocycles. The average Bonchev–Trinajstić information content (AvgIpc) is 0.755. The molecule has 23 nitrogen and oxygen atoms in total. The smallest absolute Gasteiger partial charge is 0.364 e. The van der Waals surface area contributed by atoms with E-state index in [1.54, 1.807) is 6.08 Å². The summed E-state index contributed by atoms with van der Waals surface area (Å²) in [5.41, 5.74) is 0. The Labute approximate surface area is 600 Å². The third kappa shape index (κ3) is 37.0. The molecule has 0 aromatic rings. The number of unbranched alkanes of at least 4 members (excludes halogenated alkanes) is 40. The van der Waals surface area contributed by atoms with Gasteiger partial charge in [-0.25, -0.2) is 4.79 Å². The fourth-order valence-corrected chi connectivity index (χ4v) is 13.8. The zero-order chi connectivity index (χ0) is 73.2. The molecular weight excluding hydrogens is 1290 g/mol. The molecule has 0 aliphatic carbocycles. The molecule has 0 bridgehead atoms. The van der Waals surface area contributed by atoms with Crippen LogP contribution < -0.4 is 10.6 Å². The van der Waals surface area contributed by atoms with E-state index in [1.165, 1.54) is 218 Å². The van der Waals surface area contributed by atoms with Gasteiger partial charge in [-0.15, -0.1) is 0 Å². The van der Waals surface area contributed by atoms with E-state index in [1.807, 2.05) is 6.08 Å². The maximum absolute atomic E-state index is 13.5. The van der Waals surface area contributed by atoms with Gasteiger partial charge < -0.3 is 100 Å². The Morgan fingerprint density at radius 2 is 0.940 bits per heavy atom. The highest BCUT2D eigenvalue weighted by Gasteiger charge is 2.60. The highest BCUT2D eigenvalue weighted by atomic mass is 16.8. The highest BCUT2D eigenvalue weighted by Crippen LogP contribution is 2.39. The summed E-state index contributed by atoms with van der Waals surface area (Å²) < 4.78 is 34.8. The van der Waals surface area contributed by atoms with Crippen molar-refractivity contribution in [3.63, 3.8) is 0 Å². The lowest BCUT2D eigenvalue weighted by atomic mass is 9.88. The standard InChI is InChI=1S/C77H142N2O21/c1-4-6-8-10-12-14-16-18-19-20-21-22-23-24-25-26-27-28-29-30-31-32-33-34-35-36-37-39-41-43-45-47-49-51-64(87)79-58(59(84)50-48-46-44-42-40-38-17-15-13-11-9-7-5-2)56-95-74-69(91)68(90)71(63(55-82)97-74)98-75-70(92)73(67(89)62(54-81)96-75)100-77(76(93)94)52-60(85)65(78-57(3)83)72(99-77)66(88)61(86)53-80/h24-25,48,50,58-63,65-75,80-82,84-86,88-92H,4-23,26-47,49,51-56H2,1-3H3,(H,78,83)(H,79,87)(H,93,94)/b25-24-,50-48+. The average molecular weight is 1430 g/mol. The van der Waals surface area contributed by atoms with Crippen molar-refractivity contribution in [1.29, 1.82) is 0 Å². The number of hydrogen-bond donors (Lipinski definition) is 14. The van der Waals surface area contributed by atoms with Gasteiger partial charge in [0.2, 0.25) is 11.8 Å². The minimum Gasteiger partial charge on any atom is -0.477 e. The monoisotopic (exact) mass is 1430 g/mol. The van der Waals surface area contributed by atoms with Crippen molar-refractivity contribution in [3.05, 3.63) is 24.3 Å². The number of carboxylic acid groups (broad SMARTS) is 1. The van der Waals surface area contributed by atoms with Crippen LogP contribution in [0.4, 0.5) is 0 Å². The molecule has 0 saturated carbocycles. The lowest BCUT2D eigenvalue weighted by Crippen LogP contribution is -2.70. The summed E-state index contributed by atoms with van der Waals surface area (Å²) in [6, 6.07) is -2.62. The second kappa shape index (κ2) is 56.5. The van der Waals surface area contributed by atoms with Crippen LogP contribution in [0.3, 0.4) is 0 Å². The number of amides is 2. The van der Waals surface area contributed by atoms with Gasteiger partial charge in [0, 0.05) is 19.8 Å². The number of aliphatic hydroxyl groups excluding tert-OH is 11. The van der Waals surface area contributed by atoms with E-state index in [2.05, 4.69) is 36.6 Å². The predicted octanol–water partition coefficient (Wildman–Crippen LogP) is 9.96. The number of carbonyl (C=O) groups excluding carboxylic acids is 2. The van der Waals surface area contributed by atoms with Crippen molar-refractivity contribution in [3.8, 4) is 0 Å². The zero-order valence-electron chi connectivity index (χ0n) is 61.8. The van der Waals surface area contributed by atoms with E-state index in [-0.39, 0.29) is 12.3 Å². The molecule has 3 saturated heterocycles. The number of ether oxygens (including phenoxy) is 6. The largest absolute Gasteiger partial charge is 0.477 e. The first kappa shape index (κ1) is 91.4. The minimum absolute atomic E-state index is 0.203. The summed E-state index contributed by atoms with van der Waals surface area (Å²) in [6.45, 7) is 2.16. The first-order valence-electron chi connectivity index (χ1n) is 39.7. The van der Waals surface area contributed by atoms with E-state index in [9.17, 15) is 75.7 Å². The van der Waals surface area contributed by atoms with Crippen molar-refractivity contribution in [2.45, 2.75) is 420 Å². The van der Waals surface area contributed by atoms with Crippen LogP contribution in [0.5, 0.6) is 0 Å². The predicted molar refractivity (Wildman–Crippen MR) is 385 cm³/mol. The number of rotatable bonds is 62. The topological polar surface area (TPSA) is 373 Å². The summed E-state index contributed by atoms with van der Waals surface area (Å²) in [5, 5.41) is 136. The van der Waals surface area contributed by atoms with E-state index in [4.69, 9.17) is 28.4 Å². The molecular formula is C77H142N2O21. The number of aliphatic carboxylic acids is 1. The van der Waals surface area contributed by atoms with Gasteiger partial charge >= 0.3 is 5.97 Å². The summed E-state index contributed by atoms with van der Waals surface area (Å²) in [5.74, 6) is -6.14. The maximum Gasteiger partial charge on any atom is 0.364 e. The Kier molecular flexibility index (Phi) is 51.7. The zero-order valence-corrected chi connectivity index (χ0v) is 61.8. The molecule has 3 fully saturated rings. The molecule has 0 radical (unpaired) electrons. The van der Waals surface area contributed by atoms with Crippen molar-refractivity contribution in [2.24, 2.45) is 0 Å². The number of carboxylic acids is 1. The first-order chi connectivity index (χ1) is 48.4. The summed E-state index contributed by atoms with van der Waals surface area (Å²) in [7, 11) is 0. The Hall–Kier alpha value is -2.79. The number of nitrogens with one attached hydrogen (secondary N) is 2. The van der Waals surface area contributed by atoms with Crippen LogP contribution in [-0.4, -0.2) is 215 Å². The highest BCUT2D eigenvalue weighted by molar-refractivity contribution is 5.77. The van der Waals surface area contributed by atoms with Crippen LogP contribution in [0.25, 0.3) is 0 Å². The van der Waals surface area contributed by atoms with E-state index < -0.39 is 155 Å². The van der Waals surface area contributed by atoms with Crippen LogP contribution in [0.15, 0.2) is 24.3 Å². The summed E-state index contributed by atoms with van der Waals surface area (Å²) in [6.07, 6.45) is 32.5. The fourth-order valence-electron chi connectivity index (χ4n) is 13.8. The van der Waals surface area contributed by atoms with Crippen molar-refractivity contribution in [1.82, 2.24) is 10.6 Å². The third-order valence-corrected chi connectivity index (χ3v) is 20.1. The second-order valence-corrected chi connectivity index (χ2v) is 28.9. The Bertz CT molecular complexity index is 2100. The molecule has 3 rings (SSSR count). The molecule has 0 aromatic heterocycles. The SMILES string of the molecule is CCCCCCCCCCCCC/C=C/C(O)C(COC1OC(CO)C(OC2OC(CO)C(O)C(OC3(C(=O)O)CC(O)C(NC(C)=O)C(C(O)C(O)CO)O3)C2O)C(O)C1O)NC(=O)CCCCCCCCCCCCCCCCCCC/C=C\CCCCCCCCCCCCCC. The molecule has 2 amide bonds. The molecule has 0 spiro atoms. The fraction of sp³-hybridized carbons (Fsp3) is 0.909. The van der Waals surface area contributed by atoms with Crippen molar-refractivity contribution < 1.29 is 104 Å². The van der Waals surface area contributed by atoms with Crippen LogP contribution >= 0.6 is 0 Å². The quantitative estimate of drug-likeness (QED) is 0.0199. The Balaban J connectivity index is 1.45. The van der Waals surface area contributed by atoms with Crippen molar-refractivity contribution >= 4 is 17.8 Å². The van der Waals surface area contributed by atoms with E-state index in [0.29, 0.717) is 12.8 Å². The van der Waals surface area contributed by atoms with Gasteiger partial charge in [0.15, 0.2) is 12.6 Å². The molecule has 18 unspecified atom stereocenters. The third-order valence-electron chi connectivity index (χ3n) is 20.1. The number of allylic oxidation sites excluding steroid dienone is 3. The van der Waals surface area contributed by atoms with Crippen LogP contribution in [0, 0.1) is 0 Å². The molecule has 14 N–H and O–H groups in total. The van der Waals surface area contributed by atoms with Gasteiger partial charge in [0.05, 0.1) is 50.7 Å². The number of aliphatic hydroxyl groups is 11. The molecule has 3 aliphatic rings. The second-order valence-electron chi connectivity index (χ2n) is 28.9. The summed E-state index contributed by atoms with van der Waals surface area (Å²) in [4.78, 5) is 38.6. The van der Waals surface area contributed by atoms with Gasteiger partial charge in [-0.1, -0.05) is 269 Å². The van der Waals surface area contributed by atoms with Crippen LogP contribution in [-0.2, 0) is 42.8 Å². The molecule has 23 heteroatoms. The lowest BCUT2D eigenvalue weighted by molar-refractivity contribution is -0.386. The van der Waals surface area contributed by atoms with E-state index >= 15 is 0 Å². The van der Waals surface area contributed by atoms with Crippen LogP contribution in [0.2, 0.25) is 0 Å². The first-order valence-corrected chi connectivity index (χ1v) is 39.7. The maximum atomic E-state index is 13.5. The number of hydrogen-bond acceptors (Lipinski definition) is 20. The lowest BCUT2D eigenvalue weighted by Gasteiger charge is -2.50. The molecule has 18 atom stereocenters. The normalized spacial score (nSPS) is 27.0. The van der Waals surface area contributed by atoms with Crippen LogP contribution in [0.1, 0.15) is 310 Å². The summed E-state index contributed by atoms with van der Waals surface area (Å²) >= 11 is 0. The molecule has 100 heavy (non-hydrogen) atoms. The van der Waals surface area contributed by atoms with E-state index in [0.717, 1.165) is 51.9 Å². The van der Waals surface area contributed by atoms with Gasteiger partial charge in [-0.3, -0.25) is 9.59 Å². The number of carbonyl (C=O) groups is 3. The van der Waals surface area contributed by atoms with Crippen molar-refractivity contribution in [2.75, 3.05) is 26.4 Å². The Morgan fingerprint density at radius 1 is 0.520 bits per heavy atom. The van der Waals surface area contributed by atoms with Gasteiger partial charge in [0.1, 0.15) is 67.1 Å². The molecule has 0 aromatic carbocycles. The molecule has 586 valence electrons. The molecule has 3 heterocycles. The van der Waals surface area contributed by atoms with Gasteiger partial charge in [-0.05, 0) is 44.9 Å². The Morgan fingerprint density at radius 3 is 1.36 bits per heavy atom. The van der Waals surface area contributed by atoms with Gasteiger partial charge in [-0.2, -0.15) is 0 Å². The minimum atomic E-state index is -3.08. The van der Waals surface area contributed by atoms with Gasteiger partial charge in [0.25, 0.3) is 5.79 Å².